The molecule has 0 saturated heterocycles. The average Bonchev–Trinajstić information content (AvgIpc) is 2.77. The molecular formula is C11H17N3O3S. The van der Waals surface area contributed by atoms with Crippen molar-refractivity contribution in [3.05, 3.63) is 21.9 Å². The Hall–Kier alpha value is -1.60. The predicted octanol–water partition coefficient (Wildman–Crippen LogP) is 0.807. The summed E-state index contributed by atoms with van der Waals surface area (Å²) in [6.45, 7) is 1.78. The first kappa shape index (κ1) is 14.5. The molecule has 0 fully saturated rings. The molecule has 0 aliphatic carbocycles. The number of amides is 2. The van der Waals surface area contributed by atoms with Crippen LogP contribution in [0.2, 0.25) is 0 Å². The zero-order valence-electron chi connectivity index (χ0n) is 10.4. The van der Waals surface area contributed by atoms with E-state index in [1.165, 1.54) is 16.2 Å². The van der Waals surface area contributed by atoms with Crippen molar-refractivity contribution < 1.29 is 14.7 Å². The lowest BCUT2D eigenvalue weighted by Gasteiger charge is -2.11. The highest BCUT2D eigenvalue weighted by molar-refractivity contribution is 7.13. The number of urea groups is 1. The molecule has 0 atom stereocenters. The van der Waals surface area contributed by atoms with Crippen molar-refractivity contribution in [1.82, 2.24) is 15.5 Å². The van der Waals surface area contributed by atoms with Gasteiger partial charge in [0.2, 0.25) is 0 Å². The number of carboxylic acids is 1. The number of thiophene rings is 1. The Balaban J connectivity index is 2.18. The van der Waals surface area contributed by atoms with Crippen molar-refractivity contribution in [3.8, 4) is 0 Å². The summed E-state index contributed by atoms with van der Waals surface area (Å²) < 4.78 is 0. The van der Waals surface area contributed by atoms with Gasteiger partial charge in [0.15, 0.2) is 0 Å². The molecule has 2 amide bonds. The monoisotopic (exact) mass is 271 g/mol. The van der Waals surface area contributed by atoms with Crippen LogP contribution >= 0.6 is 11.3 Å². The lowest BCUT2D eigenvalue weighted by atomic mass is 10.4. The molecule has 0 aliphatic rings. The molecule has 0 aromatic carbocycles. The SMILES string of the molecule is CN(C)C(=O)NCCNCc1ccc(C(=O)O)s1. The van der Waals surface area contributed by atoms with Gasteiger partial charge in [-0.1, -0.05) is 0 Å². The van der Waals surface area contributed by atoms with Gasteiger partial charge in [0.1, 0.15) is 4.88 Å². The van der Waals surface area contributed by atoms with Gasteiger partial charge >= 0.3 is 12.0 Å². The molecular weight excluding hydrogens is 254 g/mol. The van der Waals surface area contributed by atoms with Crippen LogP contribution in [0.15, 0.2) is 12.1 Å². The van der Waals surface area contributed by atoms with Crippen molar-refractivity contribution in [2.45, 2.75) is 6.54 Å². The summed E-state index contributed by atoms with van der Waals surface area (Å²) >= 11 is 1.25. The summed E-state index contributed by atoms with van der Waals surface area (Å²) in [6, 6.07) is 3.26. The lowest BCUT2D eigenvalue weighted by Crippen LogP contribution is -2.38. The van der Waals surface area contributed by atoms with E-state index in [1.54, 1.807) is 26.2 Å². The molecule has 3 N–H and O–H groups in total. The standard InChI is InChI=1S/C11H17N3O3S/c1-14(2)11(17)13-6-5-12-7-8-3-4-9(18-8)10(15)16/h3-4,12H,5-7H2,1-2H3,(H,13,17)(H,15,16). The molecule has 1 aromatic rings. The number of hydrogen-bond donors (Lipinski definition) is 3. The minimum atomic E-state index is -0.899. The third-order valence-electron chi connectivity index (χ3n) is 2.16. The van der Waals surface area contributed by atoms with Gasteiger partial charge in [-0.05, 0) is 12.1 Å². The van der Waals surface area contributed by atoms with Crippen molar-refractivity contribution in [2.24, 2.45) is 0 Å². The summed E-state index contributed by atoms with van der Waals surface area (Å²) in [7, 11) is 3.36. The quantitative estimate of drug-likeness (QED) is 0.669. The summed E-state index contributed by atoms with van der Waals surface area (Å²) in [5.41, 5.74) is 0. The zero-order valence-corrected chi connectivity index (χ0v) is 11.2. The lowest BCUT2D eigenvalue weighted by molar-refractivity contribution is 0.0702. The van der Waals surface area contributed by atoms with Gasteiger partial charge in [-0.3, -0.25) is 0 Å². The average molecular weight is 271 g/mol. The van der Waals surface area contributed by atoms with Crippen LogP contribution in [0.5, 0.6) is 0 Å². The molecule has 0 radical (unpaired) electrons. The van der Waals surface area contributed by atoms with E-state index in [1.807, 2.05) is 0 Å². The fourth-order valence-corrected chi connectivity index (χ4v) is 2.03. The van der Waals surface area contributed by atoms with Gasteiger partial charge in [0.05, 0.1) is 0 Å². The van der Waals surface area contributed by atoms with Crippen molar-refractivity contribution in [2.75, 3.05) is 27.2 Å². The molecule has 0 aliphatic heterocycles. The largest absolute Gasteiger partial charge is 0.477 e. The summed E-state index contributed by atoms with van der Waals surface area (Å²) in [4.78, 5) is 24.6. The fourth-order valence-electron chi connectivity index (χ4n) is 1.22. The molecule has 1 aromatic heterocycles. The van der Waals surface area contributed by atoms with E-state index in [9.17, 15) is 9.59 Å². The van der Waals surface area contributed by atoms with Gasteiger partial charge in [0.25, 0.3) is 0 Å². The Morgan fingerprint density at radius 2 is 2.06 bits per heavy atom. The van der Waals surface area contributed by atoms with Crippen molar-refractivity contribution in [3.63, 3.8) is 0 Å². The van der Waals surface area contributed by atoms with Gasteiger partial charge in [-0.15, -0.1) is 11.3 Å². The Morgan fingerprint density at radius 3 is 2.61 bits per heavy atom. The third kappa shape index (κ3) is 4.72. The predicted molar refractivity (Wildman–Crippen MR) is 70.1 cm³/mol. The number of carboxylic acid groups (broad SMARTS) is 1. The second-order valence-corrected chi connectivity index (χ2v) is 5.04. The highest BCUT2D eigenvalue weighted by Gasteiger charge is 2.06. The van der Waals surface area contributed by atoms with Gasteiger partial charge in [0, 0.05) is 38.6 Å². The van der Waals surface area contributed by atoms with Crippen LogP contribution in [-0.4, -0.2) is 49.2 Å². The number of aromatic carboxylic acids is 1. The summed E-state index contributed by atoms with van der Waals surface area (Å²) in [5.74, 6) is -0.899. The van der Waals surface area contributed by atoms with Gasteiger partial charge in [-0.2, -0.15) is 0 Å². The van der Waals surface area contributed by atoms with Crippen LogP contribution < -0.4 is 10.6 Å². The highest BCUT2D eigenvalue weighted by atomic mass is 32.1. The molecule has 1 heterocycles. The second-order valence-electron chi connectivity index (χ2n) is 3.87. The van der Waals surface area contributed by atoms with Crippen LogP contribution in [0.1, 0.15) is 14.5 Å². The van der Waals surface area contributed by atoms with Crippen LogP contribution in [0, 0.1) is 0 Å². The third-order valence-corrected chi connectivity index (χ3v) is 3.23. The normalized spacial score (nSPS) is 10.1. The molecule has 0 bridgehead atoms. The molecule has 0 unspecified atom stereocenters. The van der Waals surface area contributed by atoms with E-state index in [2.05, 4.69) is 10.6 Å². The summed E-state index contributed by atoms with van der Waals surface area (Å²) in [5, 5.41) is 14.6. The number of carbonyl (C=O) groups excluding carboxylic acids is 1. The first-order valence-corrected chi connectivity index (χ1v) is 6.30. The number of rotatable bonds is 6. The first-order chi connectivity index (χ1) is 8.50. The molecule has 1 rings (SSSR count). The Bertz CT molecular complexity index is 417. The minimum Gasteiger partial charge on any atom is -0.477 e. The van der Waals surface area contributed by atoms with E-state index in [-0.39, 0.29) is 6.03 Å². The smallest absolute Gasteiger partial charge is 0.345 e. The Labute approximate surface area is 110 Å². The fraction of sp³-hybridized carbons (Fsp3) is 0.455. The van der Waals surface area contributed by atoms with Gasteiger partial charge in [-0.25, -0.2) is 9.59 Å². The second kappa shape index (κ2) is 6.97. The van der Waals surface area contributed by atoms with E-state index >= 15 is 0 Å². The van der Waals surface area contributed by atoms with Crippen LogP contribution in [0.3, 0.4) is 0 Å². The van der Waals surface area contributed by atoms with Crippen LogP contribution in [0.25, 0.3) is 0 Å². The molecule has 0 spiro atoms. The van der Waals surface area contributed by atoms with Crippen LogP contribution in [-0.2, 0) is 6.54 Å². The maximum atomic E-state index is 11.2. The Kier molecular flexibility index (Phi) is 5.60. The Morgan fingerprint density at radius 1 is 1.33 bits per heavy atom. The van der Waals surface area contributed by atoms with E-state index < -0.39 is 5.97 Å². The minimum absolute atomic E-state index is 0.124. The summed E-state index contributed by atoms with van der Waals surface area (Å²) in [6.07, 6.45) is 0. The first-order valence-electron chi connectivity index (χ1n) is 5.48. The molecule has 18 heavy (non-hydrogen) atoms. The zero-order chi connectivity index (χ0) is 13.5. The van der Waals surface area contributed by atoms with E-state index in [4.69, 9.17) is 5.11 Å². The highest BCUT2D eigenvalue weighted by Crippen LogP contribution is 2.15. The van der Waals surface area contributed by atoms with Crippen molar-refractivity contribution >= 4 is 23.3 Å². The topological polar surface area (TPSA) is 81.7 Å². The molecule has 0 saturated carbocycles. The molecule has 7 heteroatoms. The molecule has 6 nitrogen and oxygen atoms in total. The number of carbonyl (C=O) groups is 2. The number of nitrogens with one attached hydrogen (secondary N) is 2. The van der Waals surface area contributed by atoms with Gasteiger partial charge < -0.3 is 20.6 Å². The van der Waals surface area contributed by atoms with Crippen LogP contribution in [0.4, 0.5) is 4.79 Å². The van der Waals surface area contributed by atoms with E-state index in [0.29, 0.717) is 24.5 Å². The number of hydrogen-bond acceptors (Lipinski definition) is 4. The number of nitrogens with zero attached hydrogens (tertiary/aromatic N) is 1. The van der Waals surface area contributed by atoms with Crippen molar-refractivity contribution in [1.29, 1.82) is 0 Å². The maximum Gasteiger partial charge on any atom is 0.345 e. The maximum absolute atomic E-state index is 11.2. The van der Waals surface area contributed by atoms with E-state index in [0.717, 1.165) is 4.88 Å². The molecule has 100 valence electrons.